The number of rotatable bonds is 6. The molecule has 0 unspecified atom stereocenters. The van der Waals surface area contributed by atoms with Gasteiger partial charge in [-0.05, 0) is 43.9 Å². The van der Waals surface area contributed by atoms with Crippen LogP contribution in [0.1, 0.15) is 63.0 Å². The van der Waals surface area contributed by atoms with Crippen molar-refractivity contribution in [3.05, 3.63) is 35.4 Å². The Kier molecular flexibility index (Phi) is 6.25. The van der Waals surface area contributed by atoms with Gasteiger partial charge in [-0.2, -0.15) is 0 Å². The molecule has 0 atom stereocenters. The van der Waals surface area contributed by atoms with Gasteiger partial charge in [0, 0.05) is 18.6 Å². The Morgan fingerprint density at radius 2 is 1.76 bits per heavy atom. The predicted molar refractivity (Wildman–Crippen MR) is 91.4 cm³/mol. The summed E-state index contributed by atoms with van der Waals surface area (Å²) >= 11 is 0. The third kappa shape index (κ3) is 4.08. The molecule has 0 amide bonds. The molecule has 1 aromatic rings. The topological polar surface area (TPSA) is 29.3 Å². The average molecular weight is 288 g/mol. The molecule has 2 rings (SSSR count). The Bertz CT molecular complexity index is 419. The van der Waals surface area contributed by atoms with E-state index >= 15 is 0 Å². The Morgan fingerprint density at radius 1 is 1.10 bits per heavy atom. The van der Waals surface area contributed by atoms with E-state index in [4.69, 9.17) is 5.73 Å². The number of hydrogen-bond acceptors (Lipinski definition) is 2. The maximum atomic E-state index is 6.29. The largest absolute Gasteiger partial charge is 0.329 e. The van der Waals surface area contributed by atoms with Crippen molar-refractivity contribution < 1.29 is 0 Å². The van der Waals surface area contributed by atoms with E-state index in [0.29, 0.717) is 0 Å². The number of nitrogens with two attached hydrogens (primary N) is 1. The molecule has 1 aromatic carbocycles. The van der Waals surface area contributed by atoms with Crippen molar-refractivity contribution in [3.63, 3.8) is 0 Å². The second-order valence-corrected chi connectivity index (χ2v) is 6.69. The van der Waals surface area contributed by atoms with E-state index in [1.807, 2.05) is 0 Å². The lowest BCUT2D eigenvalue weighted by Gasteiger charge is -2.43. The molecule has 2 nitrogen and oxygen atoms in total. The first kappa shape index (κ1) is 16.5. The molecule has 0 spiro atoms. The zero-order valence-electron chi connectivity index (χ0n) is 13.9. The fourth-order valence-corrected chi connectivity index (χ4v) is 3.78. The van der Waals surface area contributed by atoms with Crippen molar-refractivity contribution >= 4 is 0 Å². The van der Waals surface area contributed by atoms with E-state index in [2.05, 4.69) is 43.0 Å². The third-order valence-corrected chi connectivity index (χ3v) is 5.20. The second-order valence-electron chi connectivity index (χ2n) is 6.69. The molecule has 0 radical (unpaired) electrons. The van der Waals surface area contributed by atoms with Gasteiger partial charge in [-0.25, -0.2) is 0 Å². The van der Waals surface area contributed by atoms with Gasteiger partial charge in [0.05, 0.1) is 0 Å². The third-order valence-electron chi connectivity index (χ3n) is 5.20. The lowest BCUT2D eigenvalue weighted by Crippen LogP contribution is -2.53. The zero-order valence-corrected chi connectivity index (χ0v) is 13.9. The van der Waals surface area contributed by atoms with Crippen LogP contribution in [0.25, 0.3) is 0 Å². The minimum absolute atomic E-state index is 0.231. The van der Waals surface area contributed by atoms with Crippen molar-refractivity contribution in [1.29, 1.82) is 0 Å². The van der Waals surface area contributed by atoms with Gasteiger partial charge in [-0.1, -0.05) is 56.9 Å². The van der Waals surface area contributed by atoms with Gasteiger partial charge in [-0.3, -0.25) is 4.90 Å². The highest BCUT2D eigenvalue weighted by Gasteiger charge is 2.35. The molecule has 0 saturated heterocycles. The van der Waals surface area contributed by atoms with Crippen LogP contribution in [0.4, 0.5) is 0 Å². The number of nitrogens with zero attached hydrogens (tertiary/aromatic N) is 1. The molecular weight excluding hydrogens is 256 g/mol. The molecule has 0 bridgehead atoms. The van der Waals surface area contributed by atoms with Crippen molar-refractivity contribution in [1.82, 2.24) is 4.90 Å². The summed E-state index contributed by atoms with van der Waals surface area (Å²) in [6, 6.07) is 8.79. The molecule has 21 heavy (non-hydrogen) atoms. The SMILES string of the molecule is CCCN(Cc1ccccc1C)C1(CN)CCCCCC1. The lowest BCUT2D eigenvalue weighted by molar-refractivity contribution is 0.0695. The molecule has 118 valence electrons. The first-order valence-electron chi connectivity index (χ1n) is 8.71. The van der Waals surface area contributed by atoms with Crippen molar-refractivity contribution in [2.45, 2.75) is 70.9 Å². The van der Waals surface area contributed by atoms with Gasteiger partial charge in [0.2, 0.25) is 0 Å². The Hall–Kier alpha value is -0.860. The van der Waals surface area contributed by atoms with E-state index in [9.17, 15) is 0 Å². The fourth-order valence-electron chi connectivity index (χ4n) is 3.78. The van der Waals surface area contributed by atoms with Gasteiger partial charge in [-0.15, -0.1) is 0 Å². The highest BCUT2D eigenvalue weighted by atomic mass is 15.2. The molecule has 2 heteroatoms. The quantitative estimate of drug-likeness (QED) is 0.793. The summed E-state index contributed by atoms with van der Waals surface area (Å²) in [6.07, 6.45) is 9.19. The smallest absolute Gasteiger partial charge is 0.0335 e. The predicted octanol–water partition coefficient (Wildman–Crippen LogP) is 4.26. The van der Waals surface area contributed by atoms with Gasteiger partial charge in [0.25, 0.3) is 0 Å². The zero-order chi connectivity index (χ0) is 15.1. The standard InChI is InChI=1S/C19H32N2/c1-3-14-21(15-18-11-7-6-10-17(18)2)19(16-20)12-8-4-5-9-13-19/h6-7,10-11H,3-5,8-9,12-16,20H2,1-2H3. The van der Waals surface area contributed by atoms with Crippen LogP contribution in [0.2, 0.25) is 0 Å². The van der Waals surface area contributed by atoms with Crippen molar-refractivity contribution in [2.75, 3.05) is 13.1 Å². The van der Waals surface area contributed by atoms with Crippen LogP contribution in [0, 0.1) is 6.92 Å². The summed E-state index contributed by atoms with van der Waals surface area (Å²) in [5.74, 6) is 0. The molecule has 0 aliphatic heterocycles. The Balaban J connectivity index is 2.21. The summed E-state index contributed by atoms with van der Waals surface area (Å²) in [6.45, 7) is 7.52. The van der Waals surface area contributed by atoms with Crippen molar-refractivity contribution in [3.8, 4) is 0 Å². The van der Waals surface area contributed by atoms with Crippen LogP contribution in [-0.2, 0) is 6.54 Å². The van der Waals surface area contributed by atoms with E-state index in [-0.39, 0.29) is 5.54 Å². The number of hydrogen-bond donors (Lipinski definition) is 1. The Morgan fingerprint density at radius 3 is 2.33 bits per heavy atom. The highest BCUT2D eigenvalue weighted by Crippen LogP contribution is 2.33. The molecule has 1 aliphatic rings. The van der Waals surface area contributed by atoms with E-state index in [1.54, 1.807) is 0 Å². The summed E-state index contributed by atoms with van der Waals surface area (Å²) in [5.41, 5.74) is 9.38. The summed E-state index contributed by atoms with van der Waals surface area (Å²) in [7, 11) is 0. The fraction of sp³-hybridized carbons (Fsp3) is 0.684. The molecule has 2 N–H and O–H groups in total. The van der Waals surface area contributed by atoms with Gasteiger partial charge in [0.1, 0.15) is 0 Å². The van der Waals surface area contributed by atoms with E-state index in [0.717, 1.165) is 19.6 Å². The summed E-state index contributed by atoms with van der Waals surface area (Å²) in [4.78, 5) is 2.70. The van der Waals surface area contributed by atoms with Crippen LogP contribution < -0.4 is 5.73 Å². The lowest BCUT2D eigenvalue weighted by atomic mass is 9.87. The van der Waals surface area contributed by atoms with Gasteiger partial charge < -0.3 is 5.73 Å². The summed E-state index contributed by atoms with van der Waals surface area (Å²) in [5, 5.41) is 0. The van der Waals surface area contributed by atoms with Crippen molar-refractivity contribution in [2.24, 2.45) is 5.73 Å². The molecule has 1 aliphatic carbocycles. The first-order chi connectivity index (χ1) is 10.2. The maximum absolute atomic E-state index is 6.29. The molecular formula is C19H32N2. The molecule has 0 aromatic heterocycles. The Labute approximate surface area is 130 Å². The summed E-state index contributed by atoms with van der Waals surface area (Å²) < 4.78 is 0. The maximum Gasteiger partial charge on any atom is 0.0335 e. The minimum atomic E-state index is 0.231. The van der Waals surface area contributed by atoms with Gasteiger partial charge in [0.15, 0.2) is 0 Å². The normalized spacial score (nSPS) is 18.7. The van der Waals surface area contributed by atoms with Gasteiger partial charge >= 0.3 is 0 Å². The average Bonchev–Trinajstić information content (AvgIpc) is 2.75. The van der Waals surface area contributed by atoms with E-state index in [1.165, 1.54) is 56.1 Å². The minimum Gasteiger partial charge on any atom is -0.329 e. The number of benzene rings is 1. The second kappa shape index (κ2) is 7.95. The molecule has 1 fully saturated rings. The first-order valence-corrected chi connectivity index (χ1v) is 8.71. The van der Waals surface area contributed by atoms with Crippen LogP contribution in [0.3, 0.4) is 0 Å². The highest BCUT2D eigenvalue weighted by molar-refractivity contribution is 5.25. The van der Waals surface area contributed by atoms with Crippen LogP contribution >= 0.6 is 0 Å². The van der Waals surface area contributed by atoms with Crippen LogP contribution in [0.15, 0.2) is 24.3 Å². The number of aryl methyl sites for hydroxylation is 1. The van der Waals surface area contributed by atoms with Crippen LogP contribution in [0.5, 0.6) is 0 Å². The van der Waals surface area contributed by atoms with Crippen LogP contribution in [-0.4, -0.2) is 23.5 Å². The molecule has 0 heterocycles. The monoisotopic (exact) mass is 288 g/mol. The van der Waals surface area contributed by atoms with E-state index < -0.39 is 0 Å². The molecule has 1 saturated carbocycles.